The van der Waals surface area contributed by atoms with Crippen LogP contribution in [0.1, 0.15) is 12.8 Å². The first-order valence-corrected chi connectivity index (χ1v) is 5.02. The Balaban J connectivity index is 2.26. The van der Waals surface area contributed by atoms with Crippen LogP contribution in [0.2, 0.25) is 0 Å². The van der Waals surface area contributed by atoms with Gasteiger partial charge in [-0.2, -0.15) is 0 Å². The Bertz CT molecular complexity index is 225. The molecule has 5 heteroatoms. The lowest BCUT2D eigenvalue weighted by Gasteiger charge is -2.48. The first-order valence-electron chi connectivity index (χ1n) is 5.02. The zero-order valence-corrected chi connectivity index (χ0v) is 8.00. The molecule has 14 heavy (non-hydrogen) atoms. The smallest absolute Gasteiger partial charge is 0.109 e. The molecule has 0 amide bonds. The summed E-state index contributed by atoms with van der Waals surface area (Å²) in [6.07, 6.45) is -1.55. The van der Waals surface area contributed by atoms with Crippen molar-refractivity contribution in [3.05, 3.63) is 0 Å². The van der Waals surface area contributed by atoms with Gasteiger partial charge in [0, 0.05) is 6.54 Å². The zero-order valence-electron chi connectivity index (χ0n) is 8.00. The van der Waals surface area contributed by atoms with Crippen LogP contribution in [0, 0.1) is 0 Å². The van der Waals surface area contributed by atoms with Crippen LogP contribution in [0.3, 0.4) is 0 Å². The molecule has 82 valence electrons. The van der Waals surface area contributed by atoms with Crippen molar-refractivity contribution in [1.82, 2.24) is 4.90 Å². The molecule has 0 unspecified atom stereocenters. The van der Waals surface area contributed by atoms with Crippen LogP contribution < -0.4 is 0 Å². The molecule has 2 fully saturated rings. The lowest BCUT2D eigenvalue weighted by Crippen LogP contribution is -2.68. The molecule has 0 bridgehead atoms. The number of hydrogen-bond donors (Lipinski definition) is 4. The van der Waals surface area contributed by atoms with Crippen molar-refractivity contribution in [3.8, 4) is 0 Å². The molecule has 0 saturated carbocycles. The van der Waals surface area contributed by atoms with E-state index in [4.69, 9.17) is 0 Å². The van der Waals surface area contributed by atoms with E-state index in [2.05, 4.69) is 0 Å². The fourth-order valence-electron chi connectivity index (χ4n) is 2.70. The van der Waals surface area contributed by atoms with Gasteiger partial charge < -0.3 is 20.4 Å². The lowest BCUT2D eigenvalue weighted by molar-refractivity contribution is -0.174. The van der Waals surface area contributed by atoms with Crippen LogP contribution in [0.15, 0.2) is 0 Å². The predicted molar refractivity (Wildman–Crippen MR) is 48.6 cm³/mol. The second kappa shape index (κ2) is 3.43. The van der Waals surface area contributed by atoms with Crippen molar-refractivity contribution in [2.24, 2.45) is 0 Å². The molecule has 0 aromatic rings. The van der Waals surface area contributed by atoms with Gasteiger partial charge in [-0.1, -0.05) is 0 Å². The average molecular weight is 203 g/mol. The molecule has 0 spiro atoms. The molecule has 4 N–H and O–H groups in total. The third kappa shape index (κ3) is 1.20. The van der Waals surface area contributed by atoms with Gasteiger partial charge in [0.2, 0.25) is 0 Å². The van der Waals surface area contributed by atoms with Crippen LogP contribution in [0.25, 0.3) is 0 Å². The minimum absolute atomic E-state index is 0.169. The maximum absolute atomic E-state index is 9.86. The molecular formula is C9H17NO4. The molecular weight excluding hydrogens is 186 g/mol. The number of aliphatic hydroxyl groups excluding tert-OH is 4. The van der Waals surface area contributed by atoms with Crippen molar-refractivity contribution in [2.75, 3.05) is 19.7 Å². The maximum Gasteiger partial charge on any atom is 0.109 e. The number of piperidine rings is 1. The Labute approximate surface area is 82.6 Å². The van der Waals surface area contributed by atoms with Gasteiger partial charge in [-0.25, -0.2) is 0 Å². The van der Waals surface area contributed by atoms with Gasteiger partial charge in [-0.05, 0) is 19.4 Å². The van der Waals surface area contributed by atoms with Gasteiger partial charge in [0.15, 0.2) is 0 Å². The van der Waals surface area contributed by atoms with E-state index in [0.717, 1.165) is 13.0 Å². The summed E-state index contributed by atoms with van der Waals surface area (Å²) < 4.78 is 0. The standard InChI is InChI=1S/C9H17NO4/c11-5-9-2-1-3-10(9)4-6(12)7(13)8(9)14/h6-8,11-14H,1-5H2/t6-,7+,8-,9-/m0/s1. The molecule has 2 rings (SSSR count). The Morgan fingerprint density at radius 1 is 1.29 bits per heavy atom. The predicted octanol–water partition coefficient (Wildman–Crippen LogP) is -2.09. The Kier molecular flexibility index (Phi) is 2.53. The normalized spacial score (nSPS) is 49.3. The molecule has 0 aliphatic carbocycles. The Morgan fingerprint density at radius 2 is 2.00 bits per heavy atom. The van der Waals surface area contributed by atoms with Crippen molar-refractivity contribution in [3.63, 3.8) is 0 Å². The summed E-state index contributed by atoms with van der Waals surface area (Å²) in [5.41, 5.74) is -0.724. The highest BCUT2D eigenvalue weighted by Crippen LogP contribution is 2.37. The minimum Gasteiger partial charge on any atom is -0.394 e. The lowest BCUT2D eigenvalue weighted by atomic mass is 9.81. The fraction of sp³-hybridized carbons (Fsp3) is 1.00. The summed E-state index contributed by atoms with van der Waals surface area (Å²) in [7, 11) is 0. The van der Waals surface area contributed by atoms with Gasteiger partial charge in [-0.15, -0.1) is 0 Å². The van der Waals surface area contributed by atoms with E-state index in [1.165, 1.54) is 0 Å². The van der Waals surface area contributed by atoms with Gasteiger partial charge in [0.05, 0.1) is 18.2 Å². The summed E-state index contributed by atoms with van der Waals surface area (Å²) in [6.45, 7) is 0.929. The summed E-state index contributed by atoms with van der Waals surface area (Å²) in [6, 6.07) is 0. The highest BCUT2D eigenvalue weighted by molar-refractivity contribution is 5.08. The number of β-amino-alcohol motifs (C(OH)–C–C–N with tert-alkyl or cyclic N) is 1. The van der Waals surface area contributed by atoms with Crippen LogP contribution in [-0.4, -0.2) is 68.9 Å². The number of hydrogen-bond acceptors (Lipinski definition) is 5. The van der Waals surface area contributed by atoms with Crippen LogP contribution in [0.5, 0.6) is 0 Å². The van der Waals surface area contributed by atoms with E-state index >= 15 is 0 Å². The molecule has 0 radical (unpaired) electrons. The molecule has 2 aliphatic heterocycles. The molecule has 2 aliphatic rings. The number of nitrogens with zero attached hydrogens (tertiary/aromatic N) is 1. The molecule has 4 atom stereocenters. The zero-order chi connectivity index (χ0) is 10.3. The van der Waals surface area contributed by atoms with E-state index in [1.54, 1.807) is 0 Å². The van der Waals surface area contributed by atoms with E-state index in [-0.39, 0.29) is 6.61 Å². The third-order valence-corrected chi connectivity index (χ3v) is 3.62. The first-order chi connectivity index (χ1) is 6.62. The quantitative estimate of drug-likeness (QED) is 0.393. The van der Waals surface area contributed by atoms with E-state index in [0.29, 0.717) is 13.0 Å². The largest absolute Gasteiger partial charge is 0.394 e. The minimum atomic E-state index is -1.14. The summed E-state index contributed by atoms with van der Waals surface area (Å²) in [5, 5.41) is 38.2. The van der Waals surface area contributed by atoms with Crippen molar-refractivity contribution in [1.29, 1.82) is 0 Å². The number of rotatable bonds is 1. The molecule has 0 aromatic heterocycles. The van der Waals surface area contributed by atoms with E-state index in [9.17, 15) is 20.4 Å². The van der Waals surface area contributed by atoms with Gasteiger partial charge in [-0.3, -0.25) is 4.90 Å². The third-order valence-electron chi connectivity index (χ3n) is 3.62. The van der Waals surface area contributed by atoms with Crippen LogP contribution >= 0.6 is 0 Å². The summed E-state index contributed by atoms with van der Waals surface area (Å²) in [5.74, 6) is 0. The van der Waals surface area contributed by atoms with Gasteiger partial charge in [0.25, 0.3) is 0 Å². The topological polar surface area (TPSA) is 84.2 Å². The highest BCUT2D eigenvalue weighted by atomic mass is 16.4. The SMILES string of the molecule is OC[C@]12CCCN1C[C@H](O)[C@@H](O)[C@@H]2O. The Hall–Kier alpha value is -0.200. The fourth-order valence-corrected chi connectivity index (χ4v) is 2.70. The van der Waals surface area contributed by atoms with E-state index in [1.807, 2.05) is 4.90 Å². The number of aliphatic hydroxyl groups is 4. The van der Waals surface area contributed by atoms with Crippen LogP contribution in [0.4, 0.5) is 0 Å². The van der Waals surface area contributed by atoms with Crippen molar-refractivity contribution in [2.45, 2.75) is 36.7 Å². The van der Waals surface area contributed by atoms with Gasteiger partial charge in [0.1, 0.15) is 12.2 Å². The second-order valence-electron chi connectivity index (χ2n) is 4.31. The summed E-state index contributed by atoms with van der Waals surface area (Å²) >= 11 is 0. The van der Waals surface area contributed by atoms with Crippen LogP contribution in [-0.2, 0) is 0 Å². The highest BCUT2D eigenvalue weighted by Gasteiger charge is 2.54. The Morgan fingerprint density at radius 3 is 2.64 bits per heavy atom. The first kappa shape index (κ1) is 10.3. The number of fused-ring (bicyclic) bond motifs is 1. The van der Waals surface area contributed by atoms with Crippen molar-refractivity contribution < 1.29 is 20.4 Å². The molecule has 2 heterocycles. The average Bonchev–Trinajstić information content (AvgIpc) is 2.59. The molecule has 2 saturated heterocycles. The maximum atomic E-state index is 9.86. The summed E-state index contributed by atoms with van der Waals surface area (Å²) in [4.78, 5) is 1.88. The van der Waals surface area contributed by atoms with Gasteiger partial charge >= 0.3 is 0 Å². The van der Waals surface area contributed by atoms with E-state index < -0.39 is 23.9 Å². The monoisotopic (exact) mass is 203 g/mol. The molecule has 0 aromatic carbocycles. The second-order valence-corrected chi connectivity index (χ2v) is 4.31. The van der Waals surface area contributed by atoms with Crippen molar-refractivity contribution >= 4 is 0 Å². The molecule has 5 nitrogen and oxygen atoms in total.